The molecule has 1 aromatic rings. The molecule has 2 fully saturated rings. The van der Waals surface area contributed by atoms with E-state index in [-0.39, 0.29) is 11.5 Å². The van der Waals surface area contributed by atoms with Gasteiger partial charge in [0.2, 0.25) is 0 Å². The molecule has 1 aliphatic carbocycles. The van der Waals surface area contributed by atoms with Gasteiger partial charge in [0.15, 0.2) is 9.84 Å². The Morgan fingerprint density at radius 1 is 1.00 bits per heavy atom. The number of benzene rings is 1. The highest BCUT2D eigenvalue weighted by Crippen LogP contribution is 2.40. The molecule has 0 radical (unpaired) electrons. The van der Waals surface area contributed by atoms with Gasteiger partial charge in [0.05, 0.1) is 11.5 Å². The minimum Gasteiger partial charge on any atom is -0.369 e. The molecule has 92 valence electrons. The molecule has 17 heavy (non-hydrogen) atoms. The largest absolute Gasteiger partial charge is 0.369 e. The minimum absolute atomic E-state index is 0.289. The van der Waals surface area contributed by atoms with Gasteiger partial charge in [0, 0.05) is 18.8 Å². The lowest BCUT2D eigenvalue weighted by molar-refractivity contribution is 0.587. The predicted octanol–water partition coefficient (Wildman–Crippen LogP) is 1.80. The van der Waals surface area contributed by atoms with Crippen molar-refractivity contribution in [1.82, 2.24) is 0 Å². The normalized spacial score (nSPS) is 23.6. The van der Waals surface area contributed by atoms with Crippen LogP contribution in [0.3, 0.4) is 0 Å². The molecular weight excluding hydrogens is 234 g/mol. The van der Waals surface area contributed by atoms with Crippen LogP contribution in [0.5, 0.6) is 0 Å². The lowest BCUT2D eigenvalue weighted by Gasteiger charge is -2.28. The molecule has 1 heterocycles. The quantitative estimate of drug-likeness (QED) is 0.804. The van der Waals surface area contributed by atoms with Crippen molar-refractivity contribution in [2.45, 2.75) is 18.8 Å². The third-order valence-corrected chi connectivity index (χ3v) is 5.26. The summed E-state index contributed by atoms with van der Waals surface area (Å²) in [7, 11) is -2.78. The molecule has 0 atom stereocenters. The van der Waals surface area contributed by atoms with Gasteiger partial charge in [-0.2, -0.15) is 0 Å². The Morgan fingerprint density at radius 2 is 1.59 bits per heavy atom. The van der Waals surface area contributed by atoms with E-state index in [9.17, 15) is 8.42 Å². The standard InChI is InChI=1S/C13H17NO2S/c15-17(16)9-7-14(8-10-17)13-5-3-12(4-6-13)11-1-2-11/h3-6,11H,1-2,7-10H2. The molecule has 1 saturated carbocycles. The molecule has 0 N–H and O–H groups in total. The first-order chi connectivity index (χ1) is 8.14. The SMILES string of the molecule is O=S1(=O)CCN(c2ccc(C3CC3)cc2)CC1. The monoisotopic (exact) mass is 251 g/mol. The number of anilines is 1. The predicted molar refractivity (Wildman–Crippen MR) is 69.3 cm³/mol. The summed E-state index contributed by atoms with van der Waals surface area (Å²) < 4.78 is 22.7. The molecular formula is C13H17NO2S. The van der Waals surface area contributed by atoms with Crippen LogP contribution in [0.25, 0.3) is 0 Å². The highest BCUT2D eigenvalue weighted by atomic mass is 32.2. The van der Waals surface area contributed by atoms with Crippen LogP contribution in [0.15, 0.2) is 24.3 Å². The summed E-state index contributed by atoms with van der Waals surface area (Å²) in [5, 5.41) is 0. The van der Waals surface area contributed by atoms with Crippen LogP contribution in [0.2, 0.25) is 0 Å². The maximum absolute atomic E-state index is 11.4. The molecule has 0 spiro atoms. The minimum atomic E-state index is -2.78. The Bertz CT molecular complexity index is 489. The van der Waals surface area contributed by atoms with Crippen molar-refractivity contribution in [3.05, 3.63) is 29.8 Å². The number of rotatable bonds is 2. The molecule has 3 rings (SSSR count). The number of nitrogens with zero attached hydrogens (tertiary/aromatic N) is 1. The molecule has 0 unspecified atom stereocenters. The highest BCUT2D eigenvalue weighted by molar-refractivity contribution is 7.91. The molecule has 1 aromatic carbocycles. The maximum atomic E-state index is 11.4. The van der Waals surface area contributed by atoms with Gasteiger partial charge < -0.3 is 4.90 Å². The van der Waals surface area contributed by atoms with Crippen LogP contribution in [0, 0.1) is 0 Å². The average molecular weight is 251 g/mol. The van der Waals surface area contributed by atoms with Gasteiger partial charge in [-0.1, -0.05) is 12.1 Å². The van der Waals surface area contributed by atoms with Crippen molar-refractivity contribution in [1.29, 1.82) is 0 Å². The smallest absolute Gasteiger partial charge is 0.153 e. The Hall–Kier alpha value is -1.03. The van der Waals surface area contributed by atoms with Crippen LogP contribution in [-0.4, -0.2) is 33.0 Å². The Kier molecular flexibility index (Phi) is 2.62. The second kappa shape index (κ2) is 4.02. The topological polar surface area (TPSA) is 37.4 Å². The Balaban J connectivity index is 1.72. The summed E-state index contributed by atoms with van der Waals surface area (Å²) in [5.41, 5.74) is 2.59. The third kappa shape index (κ3) is 2.46. The summed E-state index contributed by atoms with van der Waals surface area (Å²) in [6.07, 6.45) is 2.64. The van der Waals surface area contributed by atoms with Crippen LogP contribution < -0.4 is 4.90 Å². The van der Waals surface area contributed by atoms with E-state index in [2.05, 4.69) is 29.2 Å². The number of hydrogen-bond donors (Lipinski definition) is 0. The Morgan fingerprint density at radius 3 is 2.12 bits per heavy atom. The van der Waals surface area contributed by atoms with Crippen molar-refractivity contribution in [2.24, 2.45) is 0 Å². The second-order valence-electron chi connectivity index (χ2n) is 5.00. The fourth-order valence-electron chi connectivity index (χ4n) is 2.34. The first-order valence-electron chi connectivity index (χ1n) is 6.19. The van der Waals surface area contributed by atoms with Crippen molar-refractivity contribution in [3.8, 4) is 0 Å². The van der Waals surface area contributed by atoms with Crippen molar-refractivity contribution >= 4 is 15.5 Å². The van der Waals surface area contributed by atoms with E-state index in [1.165, 1.54) is 18.4 Å². The van der Waals surface area contributed by atoms with Crippen molar-refractivity contribution < 1.29 is 8.42 Å². The molecule has 0 bridgehead atoms. The molecule has 1 saturated heterocycles. The van der Waals surface area contributed by atoms with Crippen molar-refractivity contribution in [3.63, 3.8) is 0 Å². The average Bonchev–Trinajstić information content (AvgIpc) is 3.13. The van der Waals surface area contributed by atoms with Gasteiger partial charge in [-0.25, -0.2) is 8.42 Å². The maximum Gasteiger partial charge on any atom is 0.153 e. The van der Waals surface area contributed by atoms with E-state index in [0.29, 0.717) is 13.1 Å². The van der Waals surface area contributed by atoms with Gasteiger partial charge in [-0.15, -0.1) is 0 Å². The van der Waals surface area contributed by atoms with Gasteiger partial charge in [-0.05, 0) is 36.5 Å². The van der Waals surface area contributed by atoms with Crippen LogP contribution in [-0.2, 0) is 9.84 Å². The summed E-state index contributed by atoms with van der Waals surface area (Å²) in [6.45, 7) is 1.26. The first kappa shape index (κ1) is 11.1. The first-order valence-corrected chi connectivity index (χ1v) is 8.01. The van der Waals surface area contributed by atoms with E-state index in [1.54, 1.807) is 0 Å². The lowest BCUT2D eigenvalue weighted by atomic mass is 10.1. The van der Waals surface area contributed by atoms with Gasteiger partial charge in [0.1, 0.15) is 0 Å². The van der Waals surface area contributed by atoms with Crippen LogP contribution in [0.1, 0.15) is 24.3 Å². The van der Waals surface area contributed by atoms with E-state index in [0.717, 1.165) is 11.6 Å². The fraction of sp³-hybridized carbons (Fsp3) is 0.538. The summed E-state index contributed by atoms with van der Waals surface area (Å²) in [6, 6.07) is 8.64. The zero-order chi connectivity index (χ0) is 11.9. The molecule has 1 aliphatic heterocycles. The van der Waals surface area contributed by atoms with Crippen LogP contribution >= 0.6 is 0 Å². The Labute approximate surface area is 102 Å². The molecule has 4 heteroatoms. The molecule has 0 aromatic heterocycles. The number of sulfone groups is 1. The van der Waals surface area contributed by atoms with Gasteiger partial charge in [-0.3, -0.25) is 0 Å². The summed E-state index contributed by atoms with van der Waals surface area (Å²) >= 11 is 0. The second-order valence-corrected chi connectivity index (χ2v) is 7.31. The van der Waals surface area contributed by atoms with E-state index in [1.807, 2.05) is 0 Å². The zero-order valence-electron chi connectivity index (χ0n) is 9.80. The van der Waals surface area contributed by atoms with Crippen LogP contribution in [0.4, 0.5) is 5.69 Å². The summed E-state index contributed by atoms with van der Waals surface area (Å²) in [4.78, 5) is 2.16. The third-order valence-electron chi connectivity index (χ3n) is 3.65. The van der Waals surface area contributed by atoms with Gasteiger partial charge >= 0.3 is 0 Å². The van der Waals surface area contributed by atoms with Gasteiger partial charge in [0.25, 0.3) is 0 Å². The number of hydrogen-bond acceptors (Lipinski definition) is 3. The summed E-state index contributed by atoms with van der Waals surface area (Å²) in [5.74, 6) is 1.36. The molecule has 2 aliphatic rings. The van der Waals surface area contributed by atoms with E-state index < -0.39 is 9.84 Å². The van der Waals surface area contributed by atoms with E-state index >= 15 is 0 Å². The molecule has 0 amide bonds. The molecule has 3 nitrogen and oxygen atoms in total. The highest BCUT2D eigenvalue weighted by Gasteiger charge is 2.24. The lowest BCUT2D eigenvalue weighted by Crippen LogP contribution is -2.40. The van der Waals surface area contributed by atoms with E-state index in [4.69, 9.17) is 0 Å². The van der Waals surface area contributed by atoms with Crippen molar-refractivity contribution in [2.75, 3.05) is 29.5 Å². The zero-order valence-corrected chi connectivity index (χ0v) is 10.6. The fourth-order valence-corrected chi connectivity index (χ4v) is 3.55.